The molecule has 0 spiro atoms. The minimum atomic E-state index is 0.482. The lowest BCUT2D eigenvalue weighted by atomic mass is 10.1. The molecule has 1 aromatic carbocycles. The molecule has 0 atom stereocenters. The molecule has 3 heteroatoms. The molecule has 2 aromatic rings. The number of nitrogens with one attached hydrogen (secondary N) is 1. The van der Waals surface area contributed by atoms with Crippen molar-refractivity contribution in [2.75, 3.05) is 0 Å². The molecule has 2 rings (SSSR count). The van der Waals surface area contributed by atoms with E-state index >= 15 is 0 Å². The van der Waals surface area contributed by atoms with Crippen molar-refractivity contribution >= 4 is 17.9 Å². The van der Waals surface area contributed by atoms with Crippen molar-refractivity contribution in [2.24, 2.45) is 0 Å². The number of H-pyrrole nitrogens is 1. The Hall–Kier alpha value is -1.54. The van der Waals surface area contributed by atoms with Crippen molar-refractivity contribution in [3.63, 3.8) is 0 Å². The Bertz CT molecular complexity index is 448. The van der Waals surface area contributed by atoms with Crippen molar-refractivity contribution in [1.29, 1.82) is 0 Å². The normalized spacial score (nSPS) is 10.1. The van der Waals surface area contributed by atoms with E-state index < -0.39 is 0 Å². The number of aldehydes is 1. The molecule has 14 heavy (non-hydrogen) atoms. The van der Waals surface area contributed by atoms with Crippen LogP contribution >= 0.6 is 11.6 Å². The maximum Gasteiger partial charge on any atom is 0.151 e. The van der Waals surface area contributed by atoms with E-state index in [9.17, 15) is 4.79 Å². The van der Waals surface area contributed by atoms with Crippen LogP contribution in [0.1, 0.15) is 10.4 Å². The predicted octanol–water partition coefficient (Wildman–Crippen LogP) is 3.15. The van der Waals surface area contributed by atoms with Gasteiger partial charge < -0.3 is 4.98 Å². The van der Waals surface area contributed by atoms with Gasteiger partial charge in [0.2, 0.25) is 0 Å². The summed E-state index contributed by atoms with van der Waals surface area (Å²) < 4.78 is 0. The first kappa shape index (κ1) is 9.03. The predicted molar refractivity (Wildman–Crippen MR) is 56.6 cm³/mol. The highest BCUT2D eigenvalue weighted by atomic mass is 35.5. The second-order valence-corrected chi connectivity index (χ2v) is 3.35. The van der Waals surface area contributed by atoms with E-state index in [1.807, 2.05) is 24.4 Å². The fourth-order valence-corrected chi connectivity index (χ4v) is 1.47. The lowest BCUT2D eigenvalue weighted by Crippen LogP contribution is -1.84. The molecule has 0 saturated carbocycles. The van der Waals surface area contributed by atoms with Crippen LogP contribution in [0.15, 0.2) is 36.5 Å². The summed E-state index contributed by atoms with van der Waals surface area (Å²) in [6.45, 7) is 0. The third-order valence-electron chi connectivity index (χ3n) is 2.03. The maximum absolute atomic E-state index is 10.7. The molecule has 0 aliphatic rings. The van der Waals surface area contributed by atoms with Gasteiger partial charge in [-0.2, -0.15) is 0 Å². The molecule has 0 saturated heterocycles. The maximum atomic E-state index is 10.7. The Morgan fingerprint density at radius 3 is 2.79 bits per heavy atom. The van der Waals surface area contributed by atoms with E-state index in [0.717, 1.165) is 17.5 Å². The van der Waals surface area contributed by atoms with E-state index in [2.05, 4.69) is 4.98 Å². The lowest BCUT2D eigenvalue weighted by Gasteiger charge is -2.00. The van der Waals surface area contributed by atoms with E-state index in [1.54, 1.807) is 12.1 Å². The molecule has 0 radical (unpaired) electrons. The van der Waals surface area contributed by atoms with Crippen LogP contribution in [0.4, 0.5) is 0 Å². The van der Waals surface area contributed by atoms with Gasteiger partial charge in [-0.25, -0.2) is 0 Å². The molecular formula is C11H8ClNO. The average molecular weight is 206 g/mol. The number of aromatic nitrogens is 1. The zero-order chi connectivity index (χ0) is 9.97. The van der Waals surface area contributed by atoms with Crippen LogP contribution in [0, 0.1) is 0 Å². The summed E-state index contributed by atoms with van der Waals surface area (Å²) in [4.78, 5) is 13.7. The largest absolute Gasteiger partial charge is 0.361 e. The molecule has 0 bridgehead atoms. The quantitative estimate of drug-likeness (QED) is 0.751. The first-order valence-corrected chi connectivity index (χ1v) is 4.57. The van der Waals surface area contributed by atoms with Crippen molar-refractivity contribution in [3.8, 4) is 11.3 Å². The smallest absolute Gasteiger partial charge is 0.151 e. The highest BCUT2D eigenvalue weighted by Crippen LogP contribution is 2.22. The van der Waals surface area contributed by atoms with Crippen molar-refractivity contribution in [3.05, 3.63) is 47.1 Å². The molecule has 1 aromatic heterocycles. The van der Waals surface area contributed by atoms with E-state index in [0.29, 0.717) is 10.6 Å². The van der Waals surface area contributed by atoms with Gasteiger partial charge in [-0.1, -0.05) is 17.7 Å². The van der Waals surface area contributed by atoms with E-state index in [1.165, 1.54) is 0 Å². The summed E-state index contributed by atoms with van der Waals surface area (Å²) in [6, 6.07) is 9.21. The van der Waals surface area contributed by atoms with Gasteiger partial charge >= 0.3 is 0 Å². The number of hydrogen-bond acceptors (Lipinski definition) is 1. The Morgan fingerprint density at radius 1 is 1.29 bits per heavy atom. The molecule has 0 unspecified atom stereocenters. The number of halogens is 1. The first-order valence-electron chi connectivity index (χ1n) is 4.20. The zero-order valence-electron chi connectivity index (χ0n) is 7.33. The van der Waals surface area contributed by atoms with Crippen molar-refractivity contribution in [2.45, 2.75) is 0 Å². The van der Waals surface area contributed by atoms with Crippen LogP contribution in [-0.2, 0) is 0 Å². The second-order valence-electron chi connectivity index (χ2n) is 2.94. The van der Waals surface area contributed by atoms with Gasteiger partial charge in [-0.05, 0) is 29.8 Å². The number of benzene rings is 1. The molecule has 0 fully saturated rings. The molecule has 0 aliphatic carbocycles. The second kappa shape index (κ2) is 3.68. The highest BCUT2D eigenvalue weighted by molar-refractivity contribution is 6.33. The Kier molecular flexibility index (Phi) is 2.37. The molecule has 1 N–H and O–H groups in total. The lowest BCUT2D eigenvalue weighted by molar-refractivity contribution is 0.112. The number of rotatable bonds is 2. The van der Waals surface area contributed by atoms with Crippen LogP contribution < -0.4 is 0 Å². The van der Waals surface area contributed by atoms with Crippen molar-refractivity contribution < 1.29 is 4.79 Å². The number of hydrogen-bond donors (Lipinski definition) is 1. The third-order valence-corrected chi connectivity index (χ3v) is 2.38. The third kappa shape index (κ3) is 1.56. The first-order chi connectivity index (χ1) is 6.81. The van der Waals surface area contributed by atoms with Crippen molar-refractivity contribution in [1.82, 2.24) is 4.98 Å². The summed E-state index contributed by atoms with van der Waals surface area (Å²) in [5, 5.41) is 0.482. The van der Waals surface area contributed by atoms with Gasteiger partial charge in [0.1, 0.15) is 0 Å². The number of aromatic amines is 1. The molecule has 0 aliphatic heterocycles. The Balaban J connectivity index is 2.51. The fraction of sp³-hybridized carbons (Fsp3) is 0. The molecule has 2 nitrogen and oxygen atoms in total. The number of carbonyl (C=O) groups is 1. The van der Waals surface area contributed by atoms with Crippen LogP contribution in [0.3, 0.4) is 0 Å². The Morgan fingerprint density at radius 2 is 2.14 bits per heavy atom. The minimum absolute atomic E-state index is 0.482. The van der Waals surface area contributed by atoms with Gasteiger partial charge in [0, 0.05) is 17.5 Å². The molecule has 0 amide bonds. The Labute approximate surface area is 86.5 Å². The van der Waals surface area contributed by atoms with Crippen LogP contribution in [-0.4, -0.2) is 11.3 Å². The van der Waals surface area contributed by atoms with E-state index in [-0.39, 0.29) is 0 Å². The molecule has 1 heterocycles. The summed E-state index contributed by atoms with van der Waals surface area (Å²) in [5.41, 5.74) is 2.45. The summed E-state index contributed by atoms with van der Waals surface area (Å²) in [5.74, 6) is 0. The standard InChI is InChI=1S/C11H8ClNO/c12-10-4-3-8(6-9(10)7-14)11-2-1-5-13-11/h1-7,13H. The summed E-state index contributed by atoms with van der Waals surface area (Å²) >= 11 is 5.82. The summed E-state index contributed by atoms with van der Waals surface area (Å²) in [6.07, 6.45) is 2.60. The topological polar surface area (TPSA) is 32.9 Å². The van der Waals surface area contributed by atoms with Gasteiger partial charge in [-0.3, -0.25) is 4.79 Å². The molecule has 70 valence electrons. The monoisotopic (exact) mass is 205 g/mol. The summed E-state index contributed by atoms with van der Waals surface area (Å²) in [7, 11) is 0. The average Bonchev–Trinajstić information content (AvgIpc) is 2.71. The van der Waals surface area contributed by atoms with E-state index in [4.69, 9.17) is 11.6 Å². The van der Waals surface area contributed by atoms with Gasteiger partial charge in [0.05, 0.1) is 5.02 Å². The van der Waals surface area contributed by atoms with Crippen LogP contribution in [0.25, 0.3) is 11.3 Å². The van der Waals surface area contributed by atoms with Gasteiger partial charge in [0.25, 0.3) is 0 Å². The van der Waals surface area contributed by atoms with Gasteiger partial charge in [-0.15, -0.1) is 0 Å². The SMILES string of the molecule is O=Cc1cc(-c2ccc[nH]2)ccc1Cl. The fourth-order valence-electron chi connectivity index (χ4n) is 1.31. The highest BCUT2D eigenvalue weighted by Gasteiger charge is 2.02. The van der Waals surface area contributed by atoms with Crippen LogP contribution in [0.2, 0.25) is 5.02 Å². The van der Waals surface area contributed by atoms with Gasteiger partial charge in [0.15, 0.2) is 6.29 Å². The number of carbonyl (C=O) groups excluding carboxylic acids is 1. The van der Waals surface area contributed by atoms with Crippen LogP contribution in [0.5, 0.6) is 0 Å². The molecular weight excluding hydrogens is 198 g/mol. The minimum Gasteiger partial charge on any atom is -0.361 e. The zero-order valence-corrected chi connectivity index (χ0v) is 8.08.